The van der Waals surface area contributed by atoms with Crippen molar-refractivity contribution in [3.05, 3.63) is 39.4 Å². The average Bonchev–Trinajstić information content (AvgIpc) is 2.88. The molecule has 1 aromatic heterocycles. The lowest BCUT2D eigenvalue weighted by molar-refractivity contribution is -0.382. The Hall–Kier alpha value is -0.610. The topological polar surface area (TPSA) is 29.8 Å². The summed E-state index contributed by atoms with van der Waals surface area (Å²) in [6.45, 7) is 8.76. The molecular weight excluding hydrogens is 380 g/mol. The first-order chi connectivity index (χ1) is 9.53. The van der Waals surface area contributed by atoms with Gasteiger partial charge in [0.05, 0.1) is 0 Å². The lowest BCUT2D eigenvalue weighted by Gasteiger charge is -1.98. The van der Waals surface area contributed by atoms with Gasteiger partial charge < -0.3 is 4.98 Å². The highest BCUT2D eigenvalue weighted by Crippen LogP contribution is 2.26. The zero-order chi connectivity index (χ0) is 14.9. The van der Waals surface area contributed by atoms with Crippen LogP contribution in [-0.2, 0) is 11.8 Å². The Bertz CT molecular complexity index is 619. The third-order valence-electron chi connectivity index (χ3n) is 3.99. The van der Waals surface area contributed by atoms with Crippen LogP contribution in [0.15, 0.2) is 16.8 Å². The molecule has 2 nitrogen and oxygen atoms in total. The first kappa shape index (κ1) is 15.8. The Labute approximate surface area is 137 Å². The number of hydrogen-bond donors (Lipinski definition) is 2. The molecule has 0 spiro atoms. The summed E-state index contributed by atoms with van der Waals surface area (Å²) < 4.78 is 1.08. The summed E-state index contributed by atoms with van der Waals surface area (Å²) in [5, 5.41) is 0.874. The summed E-state index contributed by atoms with van der Waals surface area (Å²) in [7, 11) is 0. The highest BCUT2D eigenvalue weighted by molar-refractivity contribution is 9.18. The monoisotopic (exact) mass is 399 g/mol. The Kier molecular flexibility index (Phi) is 5.08. The molecule has 108 valence electrons. The third kappa shape index (κ3) is 2.73. The number of halogens is 2. The van der Waals surface area contributed by atoms with E-state index >= 15 is 0 Å². The predicted molar refractivity (Wildman–Crippen MR) is 93.4 cm³/mol. The van der Waals surface area contributed by atoms with E-state index in [1.807, 2.05) is 0 Å². The van der Waals surface area contributed by atoms with Crippen molar-refractivity contribution >= 4 is 42.6 Å². The van der Waals surface area contributed by atoms with Gasteiger partial charge in [-0.1, -0.05) is 29.8 Å². The van der Waals surface area contributed by atoms with Crippen molar-refractivity contribution in [3.8, 4) is 0 Å². The molecule has 0 aliphatic carbocycles. The Morgan fingerprint density at radius 1 is 1.20 bits per heavy atom. The minimum absolute atomic E-state index is 0.874. The van der Waals surface area contributed by atoms with Gasteiger partial charge in [-0.3, -0.25) is 0 Å². The molecule has 0 bridgehead atoms. The number of aromatic amines is 1. The molecule has 0 saturated carbocycles. The standard InChI is InChI=1S/C16H20Br2N2/c1-5-11-9(3)13(19-15(11)8-17)7-14-12(6-2)10(4)16(18)20-14/h7,19H,5-6,8H2,1-4H3/p+1/b14-7-. The van der Waals surface area contributed by atoms with Crippen LogP contribution < -0.4 is 4.99 Å². The zero-order valence-electron chi connectivity index (χ0n) is 12.5. The van der Waals surface area contributed by atoms with Gasteiger partial charge in [-0.15, -0.1) is 0 Å². The highest BCUT2D eigenvalue weighted by atomic mass is 79.9. The second-order valence-corrected chi connectivity index (χ2v) is 6.42. The second-order valence-electron chi connectivity index (χ2n) is 5.06. The van der Waals surface area contributed by atoms with Gasteiger partial charge in [0, 0.05) is 49.9 Å². The molecule has 0 radical (unpaired) electrons. The number of nitrogens with one attached hydrogen (secondary N) is 2. The minimum Gasteiger partial charge on any atom is -0.358 e. The van der Waals surface area contributed by atoms with Crippen molar-refractivity contribution in [2.75, 3.05) is 0 Å². The van der Waals surface area contributed by atoms with Crippen molar-refractivity contribution in [2.45, 2.75) is 45.9 Å². The summed E-state index contributed by atoms with van der Waals surface area (Å²) in [5.41, 5.74) is 9.16. The number of H-pyrrole nitrogens is 1. The summed E-state index contributed by atoms with van der Waals surface area (Å²) in [6.07, 6.45) is 4.33. The molecule has 0 saturated heterocycles. The van der Waals surface area contributed by atoms with Crippen LogP contribution in [-0.4, -0.2) is 9.60 Å². The van der Waals surface area contributed by atoms with E-state index in [1.165, 1.54) is 39.4 Å². The summed E-state index contributed by atoms with van der Waals surface area (Å²) in [6, 6.07) is 0. The number of alkyl halides is 1. The maximum atomic E-state index is 3.59. The molecule has 1 aromatic rings. The fraction of sp³-hybridized carbons (Fsp3) is 0.438. The molecule has 0 unspecified atom stereocenters. The van der Waals surface area contributed by atoms with Gasteiger partial charge >= 0.3 is 0 Å². The molecule has 0 aromatic carbocycles. The SMILES string of the molecule is CCC1=C(C)C(Br)=[NH+]/C1=C\c1[nH]c(CBr)c(CC)c1C. The molecule has 4 heteroatoms. The largest absolute Gasteiger partial charge is 0.358 e. The lowest BCUT2D eigenvalue weighted by Crippen LogP contribution is -2.66. The molecule has 2 heterocycles. The van der Waals surface area contributed by atoms with Gasteiger partial charge in [0.2, 0.25) is 10.3 Å². The number of allylic oxidation sites excluding steroid dienone is 2. The van der Waals surface area contributed by atoms with Crippen LogP contribution in [0.1, 0.15) is 49.7 Å². The van der Waals surface area contributed by atoms with Crippen molar-refractivity contribution in [1.82, 2.24) is 4.98 Å². The lowest BCUT2D eigenvalue weighted by atomic mass is 10.0. The summed E-state index contributed by atoms with van der Waals surface area (Å²) in [4.78, 5) is 6.98. The maximum Gasteiger partial charge on any atom is 0.250 e. The van der Waals surface area contributed by atoms with Gasteiger partial charge in [0.25, 0.3) is 0 Å². The fourth-order valence-corrected chi connectivity index (χ4v) is 3.73. The maximum absolute atomic E-state index is 3.59. The van der Waals surface area contributed by atoms with Gasteiger partial charge in [0.15, 0.2) is 0 Å². The molecule has 2 rings (SSSR count). The zero-order valence-corrected chi connectivity index (χ0v) is 15.6. The normalized spacial score (nSPS) is 17.3. The van der Waals surface area contributed by atoms with Crippen LogP contribution in [0.5, 0.6) is 0 Å². The smallest absolute Gasteiger partial charge is 0.250 e. The van der Waals surface area contributed by atoms with Crippen molar-refractivity contribution in [3.63, 3.8) is 0 Å². The predicted octanol–water partition coefficient (Wildman–Crippen LogP) is 3.74. The second kappa shape index (κ2) is 6.44. The molecule has 0 atom stereocenters. The average molecular weight is 401 g/mol. The van der Waals surface area contributed by atoms with E-state index in [0.717, 1.165) is 22.8 Å². The summed E-state index contributed by atoms with van der Waals surface area (Å²) >= 11 is 7.16. The van der Waals surface area contributed by atoms with E-state index in [4.69, 9.17) is 0 Å². The van der Waals surface area contributed by atoms with Crippen LogP contribution >= 0.6 is 31.9 Å². The van der Waals surface area contributed by atoms with Crippen molar-refractivity contribution < 1.29 is 4.99 Å². The first-order valence-corrected chi connectivity index (χ1v) is 8.92. The van der Waals surface area contributed by atoms with Crippen LogP contribution in [0, 0.1) is 6.92 Å². The molecular formula is C16H21Br2N2+. The van der Waals surface area contributed by atoms with E-state index in [-0.39, 0.29) is 0 Å². The molecule has 1 aliphatic heterocycles. The van der Waals surface area contributed by atoms with E-state index in [0.29, 0.717) is 0 Å². The van der Waals surface area contributed by atoms with Crippen LogP contribution in [0.25, 0.3) is 6.08 Å². The molecule has 20 heavy (non-hydrogen) atoms. The van der Waals surface area contributed by atoms with Crippen molar-refractivity contribution in [1.29, 1.82) is 0 Å². The Balaban J connectivity index is 2.50. The van der Waals surface area contributed by atoms with Gasteiger partial charge in [-0.25, -0.2) is 0 Å². The first-order valence-electron chi connectivity index (χ1n) is 7.01. The summed E-state index contributed by atoms with van der Waals surface area (Å²) in [5.74, 6) is 0. The molecule has 2 N–H and O–H groups in total. The Morgan fingerprint density at radius 2 is 1.90 bits per heavy atom. The fourth-order valence-electron chi connectivity index (χ4n) is 2.80. The highest BCUT2D eigenvalue weighted by Gasteiger charge is 2.25. The van der Waals surface area contributed by atoms with Crippen molar-refractivity contribution in [2.24, 2.45) is 0 Å². The van der Waals surface area contributed by atoms with Crippen LogP contribution in [0.3, 0.4) is 0 Å². The quantitative estimate of drug-likeness (QED) is 0.721. The van der Waals surface area contributed by atoms with E-state index in [1.54, 1.807) is 0 Å². The Morgan fingerprint density at radius 3 is 2.40 bits per heavy atom. The third-order valence-corrected chi connectivity index (χ3v) is 5.34. The minimum atomic E-state index is 0.874. The molecule has 0 fully saturated rings. The van der Waals surface area contributed by atoms with E-state index < -0.39 is 0 Å². The number of aromatic nitrogens is 1. The van der Waals surface area contributed by atoms with Gasteiger partial charge in [-0.05, 0) is 37.8 Å². The van der Waals surface area contributed by atoms with Gasteiger partial charge in [-0.2, -0.15) is 4.99 Å². The number of rotatable bonds is 4. The van der Waals surface area contributed by atoms with E-state index in [9.17, 15) is 0 Å². The number of hydrogen-bond acceptors (Lipinski definition) is 0. The van der Waals surface area contributed by atoms with Crippen LogP contribution in [0.2, 0.25) is 0 Å². The van der Waals surface area contributed by atoms with Crippen LogP contribution in [0.4, 0.5) is 0 Å². The molecule has 0 amide bonds. The molecule has 1 aliphatic rings. The van der Waals surface area contributed by atoms with Gasteiger partial charge in [0.1, 0.15) is 0 Å². The van der Waals surface area contributed by atoms with E-state index in [2.05, 4.69) is 75.6 Å².